The number of carbonyl (C=O) groups is 2. The van der Waals surface area contributed by atoms with Crippen LogP contribution in [-0.4, -0.2) is 47.1 Å². The maximum absolute atomic E-state index is 15.8. The third-order valence-electron chi connectivity index (χ3n) is 7.86. The van der Waals surface area contributed by atoms with E-state index >= 15 is 4.39 Å². The maximum atomic E-state index is 15.8. The van der Waals surface area contributed by atoms with Crippen molar-refractivity contribution in [1.82, 2.24) is 14.8 Å². The van der Waals surface area contributed by atoms with Crippen molar-refractivity contribution in [3.8, 4) is 11.1 Å². The molecule has 3 rings (SSSR count). The second kappa shape index (κ2) is 14.9. The number of nitrogens with one attached hydrogen (secondary N) is 1. The Balaban J connectivity index is 2.15. The van der Waals surface area contributed by atoms with Crippen LogP contribution in [0.15, 0.2) is 41.3 Å². The van der Waals surface area contributed by atoms with Gasteiger partial charge in [-0.1, -0.05) is 31.5 Å². The molecule has 0 spiro atoms. The average molecular weight is 628 g/mol. The summed E-state index contributed by atoms with van der Waals surface area (Å²) in [6, 6.07) is 5.90. The van der Waals surface area contributed by atoms with Crippen LogP contribution in [0.4, 0.5) is 13.2 Å². The van der Waals surface area contributed by atoms with Gasteiger partial charge in [-0.25, -0.2) is 13.2 Å². The van der Waals surface area contributed by atoms with Crippen molar-refractivity contribution in [2.45, 2.75) is 79.3 Å². The lowest BCUT2D eigenvalue weighted by atomic mass is 9.89. The van der Waals surface area contributed by atoms with Gasteiger partial charge in [-0.15, -0.1) is 0 Å². The smallest absolute Gasteiger partial charge is 0.305 e. The molecule has 0 aliphatic heterocycles. The monoisotopic (exact) mass is 627 g/mol. The minimum absolute atomic E-state index is 0.0104. The summed E-state index contributed by atoms with van der Waals surface area (Å²) in [5, 5.41) is 12.5. The number of benzene rings is 2. The molecule has 0 aliphatic rings. The number of hydrogen-bond donors (Lipinski definition) is 2. The van der Waals surface area contributed by atoms with Crippen LogP contribution in [0.25, 0.3) is 11.1 Å². The van der Waals surface area contributed by atoms with Crippen LogP contribution in [0.1, 0.15) is 84.1 Å². The second-order valence-electron chi connectivity index (χ2n) is 12.6. The largest absolute Gasteiger partial charge is 0.481 e. The minimum atomic E-state index is -3.06. The number of amides is 1. The molecule has 10 heteroatoms. The highest BCUT2D eigenvalue weighted by Crippen LogP contribution is 2.34. The molecule has 0 saturated heterocycles. The molecule has 1 heterocycles. The predicted molar refractivity (Wildman–Crippen MR) is 170 cm³/mol. The van der Waals surface area contributed by atoms with E-state index < -0.39 is 53.7 Å². The molecule has 2 atom stereocenters. The van der Waals surface area contributed by atoms with Crippen molar-refractivity contribution < 1.29 is 27.9 Å². The molecule has 2 N–H and O–H groups in total. The van der Waals surface area contributed by atoms with Crippen molar-refractivity contribution in [3.63, 3.8) is 0 Å². The number of carboxylic acid groups (broad SMARTS) is 1. The zero-order chi connectivity index (χ0) is 33.7. The Bertz CT molecular complexity index is 1590. The van der Waals surface area contributed by atoms with Gasteiger partial charge in [0.05, 0.1) is 18.0 Å². The molecule has 0 fully saturated rings. The second-order valence-corrected chi connectivity index (χ2v) is 12.6. The Morgan fingerprint density at radius 1 is 0.956 bits per heavy atom. The number of halogens is 3. The summed E-state index contributed by atoms with van der Waals surface area (Å²) < 4.78 is 44.8. The summed E-state index contributed by atoms with van der Waals surface area (Å²) in [4.78, 5) is 41.1. The third-order valence-corrected chi connectivity index (χ3v) is 7.86. The SMILES string of the molecule is Cc1cc(C)c(-c2cc(C)c(F)c(C(CC(=O)O)NC(=O)C(CC(C)C)n3cc(CCN(C)C)cc(C(F)F)c3=O)c2)c(C)c1. The maximum Gasteiger partial charge on any atom is 0.305 e. The topological polar surface area (TPSA) is 91.6 Å². The van der Waals surface area contributed by atoms with Crippen LogP contribution in [0, 0.1) is 39.4 Å². The summed E-state index contributed by atoms with van der Waals surface area (Å²) in [6.45, 7) is 11.6. The molecule has 244 valence electrons. The number of hydrogen-bond acceptors (Lipinski definition) is 4. The molecular formula is C35H44F3N3O4. The molecule has 1 aromatic heterocycles. The number of pyridine rings is 1. The van der Waals surface area contributed by atoms with Crippen molar-refractivity contribution in [2.75, 3.05) is 20.6 Å². The normalized spacial score (nSPS) is 13.0. The van der Waals surface area contributed by atoms with Gasteiger partial charge in [-0.3, -0.25) is 14.4 Å². The number of carbonyl (C=O) groups excluding carboxylic acids is 1. The highest BCUT2D eigenvalue weighted by atomic mass is 19.3. The number of likely N-dealkylation sites (N-methyl/N-ethyl adjacent to an activating group) is 1. The molecule has 0 bridgehead atoms. The summed E-state index contributed by atoms with van der Waals surface area (Å²) in [5.74, 6) is -2.82. The quantitative estimate of drug-likeness (QED) is 0.216. The summed E-state index contributed by atoms with van der Waals surface area (Å²) in [7, 11) is 3.66. The molecule has 0 saturated carbocycles. The van der Waals surface area contributed by atoms with Crippen LogP contribution in [0.5, 0.6) is 0 Å². The van der Waals surface area contributed by atoms with E-state index in [1.807, 2.05) is 65.7 Å². The van der Waals surface area contributed by atoms with Crippen molar-refractivity contribution >= 4 is 11.9 Å². The van der Waals surface area contributed by atoms with Gasteiger partial charge in [0.2, 0.25) is 5.91 Å². The van der Waals surface area contributed by atoms with Crippen molar-refractivity contribution in [2.24, 2.45) is 5.92 Å². The number of aliphatic carboxylic acids is 1. The average Bonchev–Trinajstić information content (AvgIpc) is 2.91. The van der Waals surface area contributed by atoms with Gasteiger partial charge in [0.15, 0.2) is 0 Å². The Morgan fingerprint density at radius 2 is 1.58 bits per heavy atom. The van der Waals surface area contributed by atoms with E-state index in [-0.39, 0.29) is 23.5 Å². The van der Waals surface area contributed by atoms with E-state index in [1.165, 1.54) is 12.3 Å². The number of carboxylic acids is 1. The molecule has 45 heavy (non-hydrogen) atoms. The van der Waals surface area contributed by atoms with E-state index in [0.717, 1.165) is 26.8 Å². The molecule has 0 radical (unpaired) electrons. The summed E-state index contributed by atoms with van der Waals surface area (Å²) in [6.07, 6.45) is -1.80. The summed E-state index contributed by atoms with van der Waals surface area (Å²) >= 11 is 0. The van der Waals surface area contributed by atoms with Gasteiger partial charge in [-0.2, -0.15) is 0 Å². The Kier molecular flexibility index (Phi) is 11.8. The zero-order valence-corrected chi connectivity index (χ0v) is 27.3. The molecular weight excluding hydrogens is 583 g/mol. The third kappa shape index (κ3) is 8.84. The van der Waals surface area contributed by atoms with Crippen LogP contribution < -0.4 is 10.9 Å². The Morgan fingerprint density at radius 3 is 2.11 bits per heavy atom. The van der Waals surface area contributed by atoms with Crippen molar-refractivity contribution in [3.05, 3.63) is 91.6 Å². The number of rotatable bonds is 13. The number of aromatic nitrogens is 1. The van der Waals surface area contributed by atoms with E-state index in [0.29, 0.717) is 24.1 Å². The first-order valence-corrected chi connectivity index (χ1v) is 15.1. The first-order valence-electron chi connectivity index (χ1n) is 15.1. The highest BCUT2D eigenvalue weighted by molar-refractivity contribution is 5.82. The lowest BCUT2D eigenvalue weighted by Gasteiger charge is -2.27. The Labute approximate surface area is 263 Å². The molecule has 3 aromatic rings. The van der Waals surface area contributed by atoms with Gasteiger partial charge in [0.1, 0.15) is 11.9 Å². The minimum Gasteiger partial charge on any atom is -0.481 e. The summed E-state index contributed by atoms with van der Waals surface area (Å²) in [5.41, 5.74) is 3.55. The first-order chi connectivity index (χ1) is 21.0. The van der Waals surface area contributed by atoms with Crippen molar-refractivity contribution in [1.29, 1.82) is 0 Å². The zero-order valence-electron chi connectivity index (χ0n) is 27.3. The fraction of sp³-hybridized carbons (Fsp3) is 0.457. The Hall–Kier alpha value is -3.92. The molecule has 2 unspecified atom stereocenters. The van der Waals surface area contributed by atoms with Crippen LogP contribution in [0.3, 0.4) is 0 Å². The fourth-order valence-corrected chi connectivity index (χ4v) is 5.87. The lowest BCUT2D eigenvalue weighted by molar-refractivity contribution is -0.138. The predicted octanol–water partition coefficient (Wildman–Crippen LogP) is 6.85. The molecule has 7 nitrogen and oxygen atoms in total. The molecule has 2 aromatic carbocycles. The number of aryl methyl sites for hydroxylation is 4. The standard InChI is InChI=1S/C35H44F3N3O4/c1-19(2)11-29(41-18-24(9-10-40(7)8)15-27(33(37)38)35(41)45)34(44)39-28(17-30(42)43)26-16-25(14-23(6)32(26)36)31-21(4)12-20(3)13-22(31)5/h12-16,18-19,28-29,33H,9-11,17H2,1-8H3,(H,39,44)(H,42,43). The lowest BCUT2D eigenvalue weighted by Crippen LogP contribution is -2.41. The van der Waals surface area contributed by atoms with Gasteiger partial charge < -0.3 is 19.9 Å². The van der Waals surface area contributed by atoms with E-state index in [2.05, 4.69) is 5.32 Å². The van der Waals surface area contributed by atoms with E-state index in [9.17, 15) is 28.3 Å². The first kappa shape index (κ1) is 35.6. The van der Waals surface area contributed by atoms with Crippen LogP contribution in [0.2, 0.25) is 0 Å². The van der Waals surface area contributed by atoms with E-state index in [4.69, 9.17) is 0 Å². The van der Waals surface area contributed by atoms with Gasteiger partial charge in [-0.05, 0) is 112 Å². The highest BCUT2D eigenvalue weighted by Gasteiger charge is 2.30. The van der Waals surface area contributed by atoms with Gasteiger partial charge >= 0.3 is 5.97 Å². The van der Waals surface area contributed by atoms with Crippen LogP contribution >= 0.6 is 0 Å². The van der Waals surface area contributed by atoms with Gasteiger partial charge in [0.25, 0.3) is 12.0 Å². The number of alkyl halides is 2. The fourth-order valence-electron chi connectivity index (χ4n) is 5.87. The van der Waals surface area contributed by atoms with E-state index in [1.54, 1.807) is 19.1 Å². The van der Waals surface area contributed by atoms with Gasteiger partial charge in [0, 0.05) is 18.3 Å². The molecule has 1 amide bonds. The van der Waals surface area contributed by atoms with Crippen LogP contribution in [-0.2, 0) is 16.0 Å². The molecule has 0 aliphatic carbocycles. The number of nitrogens with zero attached hydrogens (tertiary/aromatic N) is 2.